The van der Waals surface area contributed by atoms with E-state index in [1.54, 1.807) is 0 Å². The van der Waals surface area contributed by atoms with Crippen LogP contribution in [0.3, 0.4) is 0 Å². The lowest BCUT2D eigenvalue weighted by Crippen LogP contribution is -2.41. The summed E-state index contributed by atoms with van der Waals surface area (Å²) in [7, 11) is -0.359. The van der Waals surface area contributed by atoms with E-state index in [0.29, 0.717) is 5.89 Å². The van der Waals surface area contributed by atoms with Crippen LogP contribution in [0.5, 0.6) is 0 Å². The number of fused-ring (bicyclic) bond motifs is 2. The summed E-state index contributed by atoms with van der Waals surface area (Å²) in [5, 5.41) is 2.33. The molecule has 0 aliphatic carbocycles. The van der Waals surface area contributed by atoms with Gasteiger partial charge in [-0.3, -0.25) is 0 Å². The Balaban J connectivity index is 1.32. The number of rotatable bonds is 3. The molecule has 4 nitrogen and oxygen atoms in total. The van der Waals surface area contributed by atoms with E-state index < -0.39 is 0 Å². The molecule has 1 aliphatic rings. The first-order chi connectivity index (χ1) is 16.3. The van der Waals surface area contributed by atoms with Crippen LogP contribution in [0.15, 0.2) is 89.3 Å². The van der Waals surface area contributed by atoms with Gasteiger partial charge < -0.3 is 13.7 Å². The summed E-state index contributed by atoms with van der Waals surface area (Å²) in [4.78, 5) is 4.72. The average molecular weight is 447 g/mol. The zero-order valence-electron chi connectivity index (χ0n) is 19.8. The highest BCUT2D eigenvalue weighted by atomic mass is 16.7. The molecule has 0 N–H and O–H groups in total. The van der Waals surface area contributed by atoms with E-state index in [4.69, 9.17) is 18.7 Å². The molecule has 34 heavy (non-hydrogen) atoms. The Morgan fingerprint density at radius 3 is 2.06 bits per heavy atom. The van der Waals surface area contributed by atoms with Gasteiger partial charge in [-0.2, -0.15) is 0 Å². The van der Waals surface area contributed by atoms with Crippen molar-refractivity contribution in [3.05, 3.63) is 84.9 Å². The zero-order valence-corrected chi connectivity index (χ0v) is 19.8. The number of oxazole rings is 1. The standard InChI is InChI=1S/C29H26BNO3/c1-28(2)29(3,4)34-30(33-28)24-14-12-21-16-20(10-11-22(21)17-24)23-13-15-26-25(18-23)31-27(32-26)19-8-6-5-7-9-19/h5-18H,1-4H3. The second-order valence-electron chi connectivity index (χ2n) is 9.98. The molecule has 168 valence electrons. The molecule has 5 aromatic rings. The van der Waals surface area contributed by atoms with Gasteiger partial charge in [0.1, 0.15) is 5.52 Å². The molecule has 0 amide bonds. The molecule has 1 saturated heterocycles. The molecule has 0 bridgehead atoms. The molecule has 0 atom stereocenters. The summed E-state index contributed by atoms with van der Waals surface area (Å²) in [5.41, 5.74) is 5.20. The van der Waals surface area contributed by atoms with Crippen LogP contribution in [0.1, 0.15) is 27.7 Å². The predicted octanol–water partition coefficient (Wildman–Crippen LogP) is 6.61. The van der Waals surface area contributed by atoms with Gasteiger partial charge in [-0.05, 0) is 85.4 Å². The summed E-state index contributed by atoms with van der Waals surface area (Å²) in [6.45, 7) is 8.31. The minimum absolute atomic E-state index is 0.351. The van der Waals surface area contributed by atoms with Gasteiger partial charge in [0.25, 0.3) is 0 Å². The average Bonchev–Trinajstić information content (AvgIpc) is 3.35. The molecular weight excluding hydrogens is 421 g/mol. The fourth-order valence-electron chi connectivity index (χ4n) is 4.38. The third-order valence-corrected chi connectivity index (χ3v) is 7.13. The Labute approximate surface area is 199 Å². The van der Waals surface area contributed by atoms with Crippen molar-refractivity contribution in [1.29, 1.82) is 0 Å². The smallest absolute Gasteiger partial charge is 0.436 e. The van der Waals surface area contributed by atoms with E-state index in [-0.39, 0.29) is 18.3 Å². The fraction of sp³-hybridized carbons (Fsp3) is 0.207. The third-order valence-electron chi connectivity index (χ3n) is 7.13. The van der Waals surface area contributed by atoms with E-state index in [9.17, 15) is 0 Å². The van der Waals surface area contributed by atoms with Gasteiger partial charge in [0, 0.05) is 5.56 Å². The predicted molar refractivity (Wildman–Crippen MR) is 138 cm³/mol. The molecule has 0 unspecified atom stereocenters. The van der Waals surface area contributed by atoms with E-state index in [0.717, 1.165) is 38.6 Å². The second kappa shape index (κ2) is 7.56. The van der Waals surface area contributed by atoms with Crippen molar-refractivity contribution in [2.24, 2.45) is 0 Å². The molecule has 5 heteroatoms. The van der Waals surface area contributed by atoms with Crippen molar-refractivity contribution in [1.82, 2.24) is 4.98 Å². The van der Waals surface area contributed by atoms with Crippen molar-refractivity contribution in [3.63, 3.8) is 0 Å². The highest BCUT2D eigenvalue weighted by molar-refractivity contribution is 6.62. The van der Waals surface area contributed by atoms with E-state index in [1.807, 2.05) is 36.4 Å². The monoisotopic (exact) mass is 447 g/mol. The Bertz CT molecular complexity index is 1510. The highest BCUT2D eigenvalue weighted by Gasteiger charge is 2.51. The largest absolute Gasteiger partial charge is 0.494 e. The number of hydrogen-bond donors (Lipinski definition) is 0. The lowest BCUT2D eigenvalue weighted by Gasteiger charge is -2.32. The van der Waals surface area contributed by atoms with Crippen molar-refractivity contribution in [2.75, 3.05) is 0 Å². The molecule has 0 saturated carbocycles. The topological polar surface area (TPSA) is 44.5 Å². The molecule has 1 aliphatic heterocycles. The molecule has 1 fully saturated rings. The fourth-order valence-corrected chi connectivity index (χ4v) is 4.38. The molecule has 2 heterocycles. The van der Waals surface area contributed by atoms with Crippen LogP contribution in [0.4, 0.5) is 0 Å². The molecule has 0 spiro atoms. The van der Waals surface area contributed by atoms with E-state index in [1.165, 1.54) is 5.39 Å². The minimum atomic E-state index is -0.359. The quantitative estimate of drug-likeness (QED) is 0.292. The Morgan fingerprint density at radius 1 is 0.647 bits per heavy atom. The van der Waals surface area contributed by atoms with Gasteiger partial charge in [0.05, 0.1) is 11.2 Å². The summed E-state index contributed by atoms with van der Waals surface area (Å²) in [6.07, 6.45) is 0. The van der Waals surface area contributed by atoms with Crippen molar-refractivity contribution in [3.8, 4) is 22.6 Å². The van der Waals surface area contributed by atoms with Crippen LogP contribution in [0.25, 0.3) is 44.5 Å². The maximum absolute atomic E-state index is 6.23. The van der Waals surface area contributed by atoms with Gasteiger partial charge in [-0.1, -0.05) is 54.6 Å². The van der Waals surface area contributed by atoms with Gasteiger partial charge in [-0.25, -0.2) is 4.98 Å². The van der Waals surface area contributed by atoms with Gasteiger partial charge in [0.2, 0.25) is 5.89 Å². The lowest BCUT2D eigenvalue weighted by molar-refractivity contribution is 0.00578. The first-order valence-corrected chi connectivity index (χ1v) is 11.6. The Kier molecular flexibility index (Phi) is 4.70. The Morgan fingerprint density at radius 2 is 1.29 bits per heavy atom. The van der Waals surface area contributed by atoms with Crippen molar-refractivity contribution >= 4 is 34.5 Å². The number of benzene rings is 4. The van der Waals surface area contributed by atoms with Gasteiger partial charge >= 0.3 is 7.12 Å². The van der Waals surface area contributed by atoms with Crippen LogP contribution in [-0.4, -0.2) is 23.3 Å². The highest BCUT2D eigenvalue weighted by Crippen LogP contribution is 2.37. The second-order valence-corrected chi connectivity index (χ2v) is 9.98. The van der Waals surface area contributed by atoms with Crippen molar-refractivity contribution in [2.45, 2.75) is 38.9 Å². The van der Waals surface area contributed by atoms with Crippen molar-refractivity contribution < 1.29 is 13.7 Å². The summed E-state index contributed by atoms with van der Waals surface area (Å²) < 4.78 is 18.4. The SMILES string of the molecule is CC1(C)OB(c2ccc3cc(-c4ccc5oc(-c6ccccc6)nc5c4)ccc3c2)OC1(C)C. The van der Waals surface area contributed by atoms with E-state index >= 15 is 0 Å². The summed E-state index contributed by atoms with van der Waals surface area (Å²) in [5.74, 6) is 0.640. The molecule has 6 rings (SSSR count). The molecular formula is C29H26BNO3. The van der Waals surface area contributed by atoms with Gasteiger partial charge in [0.15, 0.2) is 5.58 Å². The van der Waals surface area contributed by atoms with Crippen LogP contribution in [-0.2, 0) is 9.31 Å². The number of nitrogens with zero attached hydrogens (tertiary/aromatic N) is 1. The third kappa shape index (κ3) is 3.52. The first kappa shape index (κ1) is 21.1. The zero-order chi connectivity index (χ0) is 23.5. The van der Waals surface area contributed by atoms with Crippen LogP contribution < -0.4 is 5.46 Å². The normalized spacial score (nSPS) is 17.0. The molecule has 1 aromatic heterocycles. The molecule has 4 aromatic carbocycles. The van der Waals surface area contributed by atoms with Crippen LogP contribution in [0, 0.1) is 0 Å². The van der Waals surface area contributed by atoms with Crippen LogP contribution in [0.2, 0.25) is 0 Å². The maximum Gasteiger partial charge on any atom is 0.494 e. The number of hydrogen-bond acceptors (Lipinski definition) is 4. The van der Waals surface area contributed by atoms with Crippen LogP contribution >= 0.6 is 0 Å². The maximum atomic E-state index is 6.23. The van der Waals surface area contributed by atoms with Gasteiger partial charge in [-0.15, -0.1) is 0 Å². The minimum Gasteiger partial charge on any atom is -0.436 e. The Hall–Kier alpha value is -3.41. The molecule has 0 radical (unpaired) electrons. The first-order valence-electron chi connectivity index (χ1n) is 11.6. The number of aromatic nitrogens is 1. The summed E-state index contributed by atoms with van der Waals surface area (Å²) in [6, 6.07) is 29.1. The summed E-state index contributed by atoms with van der Waals surface area (Å²) >= 11 is 0. The van der Waals surface area contributed by atoms with E-state index in [2.05, 4.69) is 76.2 Å². The lowest BCUT2D eigenvalue weighted by atomic mass is 9.78.